The predicted molar refractivity (Wildman–Crippen MR) is 115 cm³/mol. The summed E-state index contributed by atoms with van der Waals surface area (Å²) in [5.41, 5.74) is 4.44. The van der Waals surface area contributed by atoms with E-state index in [9.17, 15) is 0 Å². The van der Waals surface area contributed by atoms with Gasteiger partial charge in [0, 0.05) is 36.7 Å². The molecule has 5 heteroatoms. The highest BCUT2D eigenvalue weighted by Crippen LogP contribution is 2.30. The second-order valence-corrected chi connectivity index (χ2v) is 7.44. The SMILES string of the molecule is CCCC=Cc1cn(-c2cccc(C)c2)c2ncnc(NC3CCOCC3)c12. The summed E-state index contributed by atoms with van der Waals surface area (Å²) in [5, 5.41) is 4.74. The fourth-order valence-corrected chi connectivity index (χ4v) is 3.71. The lowest BCUT2D eigenvalue weighted by Gasteiger charge is -2.23. The molecule has 0 unspecified atom stereocenters. The normalized spacial score (nSPS) is 15.5. The Labute approximate surface area is 166 Å². The minimum atomic E-state index is 0.390. The third-order valence-corrected chi connectivity index (χ3v) is 5.21. The van der Waals surface area contributed by atoms with E-state index in [0.29, 0.717) is 6.04 Å². The fourth-order valence-electron chi connectivity index (χ4n) is 3.71. The van der Waals surface area contributed by atoms with Gasteiger partial charge in [0.15, 0.2) is 5.65 Å². The Morgan fingerprint density at radius 1 is 1.25 bits per heavy atom. The molecule has 0 radical (unpaired) electrons. The van der Waals surface area contributed by atoms with Crippen LogP contribution in [0, 0.1) is 6.92 Å². The summed E-state index contributed by atoms with van der Waals surface area (Å²) in [6, 6.07) is 8.91. The van der Waals surface area contributed by atoms with Gasteiger partial charge in [0.1, 0.15) is 12.1 Å². The molecule has 0 bridgehead atoms. The minimum absolute atomic E-state index is 0.390. The van der Waals surface area contributed by atoms with Crippen LogP contribution in [0.3, 0.4) is 0 Å². The van der Waals surface area contributed by atoms with E-state index >= 15 is 0 Å². The van der Waals surface area contributed by atoms with Gasteiger partial charge in [0.05, 0.1) is 5.39 Å². The molecule has 2 aromatic heterocycles. The average Bonchev–Trinajstić information content (AvgIpc) is 3.09. The van der Waals surface area contributed by atoms with Crippen molar-refractivity contribution in [1.29, 1.82) is 0 Å². The zero-order valence-electron chi connectivity index (χ0n) is 16.7. The van der Waals surface area contributed by atoms with E-state index in [1.165, 1.54) is 5.56 Å². The van der Waals surface area contributed by atoms with E-state index in [4.69, 9.17) is 4.74 Å². The van der Waals surface area contributed by atoms with Crippen LogP contribution in [0.1, 0.15) is 43.7 Å². The highest BCUT2D eigenvalue weighted by atomic mass is 16.5. The maximum atomic E-state index is 5.50. The van der Waals surface area contributed by atoms with Gasteiger partial charge in [0.2, 0.25) is 0 Å². The van der Waals surface area contributed by atoms with Crippen LogP contribution >= 0.6 is 0 Å². The molecule has 0 saturated carbocycles. The van der Waals surface area contributed by atoms with Crippen molar-refractivity contribution in [3.05, 3.63) is 54.0 Å². The number of anilines is 1. The van der Waals surface area contributed by atoms with E-state index in [2.05, 4.69) is 76.3 Å². The van der Waals surface area contributed by atoms with Crippen LogP contribution < -0.4 is 5.32 Å². The fraction of sp³-hybridized carbons (Fsp3) is 0.391. The van der Waals surface area contributed by atoms with Gasteiger partial charge in [-0.1, -0.05) is 37.6 Å². The largest absolute Gasteiger partial charge is 0.381 e. The molecule has 3 aromatic rings. The van der Waals surface area contributed by atoms with E-state index in [-0.39, 0.29) is 0 Å². The Morgan fingerprint density at radius 3 is 2.89 bits per heavy atom. The van der Waals surface area contributed by atoms with Crippen molar-refractivity contribution in [1.82, 2.24) is 14.5 Å². The summed E-state index contributed by atoms with van der Waals surface area (Å²) in [7, 11) is 0. The molecule has 3 heterocycles. The molecule has 4 rings (SSSR count). The van der Waals surface area contributed by atoms with Gasteiger partial charge in [-0.25, -0.2) is 9.97 Å². The number of hydrogen-bond acceptors (Lipinski definition) is 4. The lowest BCUT2D eigenvalue weighted by Crippen LogP contribution is -2.28. The van der Waals surface area contributed by atoms with Crippen molar-refractivity contribution in [3.8, 4) is 5.69 Å². The molecular formula is C23H28N4O. The average molecular weight is 377 g/mol. The van der Waals surface area contributed by atoms with Crippen LogP contribution in [0.15, 0.2) is 42.9 Å². The summed E-state index contributed by atoms with van der Waals surface area (Å²) >= 11 is 0. The lowest BCUT2D eigenvalue weighted by molar-refractivity contribution is 0.0904. The Kier molecular flexibility index (Phi) is 5.72. The Hall–Kier alpha value is -2.66. The van der Waals surface area contributed by atoms with Crippen LogP contribution in [-0.2, 0) is 4.74 Å². The van der Waals surface area contributed by atoms with Gasteiger partial charge >= 0.3 is 0 Å². The second-order valence-electron chi connectivity index (χ2n) is 7.44. The van der Waals surface area contributed by atoms with Crippen LogP contribution in [0.25, 0.3) is 22.8 Å². The molecule has 1 aliphatic heterocycles. The van der Waals surface area contributed by atoms with Gasteiger partial charge in [-0.15, -0.1) is 0 Å². The van der Waals surface area contributed by atoms with Crippen LogP contribution in [0.4, 0.5) is 5.82 Å². The molecule has 0 spiro atoms. The quantitative estimate of drug-likeness (QED) is 0.648. The molecule has 0 amide bonds. The van der Waals surface area contributed by atoms with Crippen LogP contribution in [0.5, 0.6) is 0 Å². The van der Waals surface area contributed by atoms with E-state index in [0.717, 1.165) is 67.0 Å². The van der Waals surface area contributed by atoms with Crippen molar-refractivity contribution in [3.63, 3.8) is 0 Å². The lowest BCUT2D eigenvalue weighted by atomic mass is 10.1. The molecule has 1 fully saturated rings. The van der Waals surface area contributed by atoms with Crippen molar-refractivity contribution < 1.29 is 4.74 Å². The molecular weight excluding hydrogens is 348 g/mol. The smallest absolute Gasteiger partial charge is 0.150 e. The maximum Gasteiger partial charge on any atom is 0.150 e. The number of benzene rings is 1. The number of ether oxygens (including phenoxy) is 1. The summed E-state index contributed by atoms with van der Waals surface area (Å²) < 4.78 is 7.67. The van der Waals surface area contributed by atoms with E-state index < -0.39 is 0 Å². The molecule has 146 valence electrons. The first-order chi connectivity index (χ1) is 13.8. The van der Waals surface area contributed by atoms with E-state index in [1.54, 1.807) is 6.33 Å². The standard InChI is InChI=1S/C23H28N4O/c1-3-4-5-8-18-15-27(20-9-6-7-17(2)14-20)23-21(18)22(24-16-25-23)26-19-10-12-28-13-11-19/h5-9,14-16,19H,3-4,10-13H2,1-2H3,(H,24,25,26). The molecule has 1 aromatic carbocycles. The number of nitrogens with one attached hydrogen (secondary N) is 1. The van der Waals surface area contributed by atoms with Crippen LogP contribution in [0.2, 0.25) is 0 Å². The maximum absolute atomic E-state index is 5.50. The molecule has 1 N–H and O–H groups in total. The van der Waals surface area contributed by atoms with Gasteiger partial charge in [0.25, 0.3) is 0 Å². The number of fused-ring (bicyclic) bond motifs is 1. The van der Waals surface area contributed by atoms with Gasteiger partial charge in [-0.05, 0) is 43.9 Å². The third kappa shape index (κ3) is 3.94. The number of nitrogens with zero attached hydrogens (tertiary/aromatic N) is 3. The first-order valence-corrected chi connectivity index (χ1v) is 10.2. The molecule has 1 aliphatic rings. The highest BCUT2D eigenvalue weighted by molar-refractivity contribution is 5.96. The van der Waals surface area contributed by atoms with Gasteiger partial charge in [-0.3, -0.25) is 0 Å². The summed E-state index contributed by atoms with van der Waals surface area (Å²) in [6.07, 6.45) is 12.5. The Morgan fingerprint density at radius 2 is 2.11 bits per heavy atom. The first-order valence-electron chi connectivity index (χ1n) is 10.2. The summed E-state index contributed by atoms with van der Waals surface area (Å²) in [4.78, 5) is 9.25. The number of hydrogen-bond donors (Lipinski definition) is 1. The highest BCUT2D eigenvalue weighted by Gasteiger charge is 2.19. The van der Waals surface area contributed by atoms with Gasteiger partial charge < -0.3 is 14.6 Å². The van der Waals surface area contributed by atoms with Gasteiger partial charge in [-0.2, -0.15) is 0 Å². The number of rotatable bonds is 6. The first kappa shape index (κ1) is 18.7. The number of allylic oxidation sites excluding steroid dienone is 1. The molecule has 5 nitrogen and oxygen atoms in total. The number of aryl methyl sites for hydroxylation is 1. The molecule has 0 aliphatic carbocycles. The Balaban J connectivity index is 1.81. The zero-order chi connectivity index (χ0) is 19.3. The Bertz CT molecular complexity index is 970. The molecule has 1 saturated heterocycles. The number of unbranched alkanes of at least 4 members (excludes halogenated alkanes) is 1. The van der Waals surface area contributed by atoms with E-state index in [1.807, 2.05) is 0 Å². The molecule has 28 heavy (non-hydrogen) atoms. The second kappa shape index (κ2) is 8.57. The van der Waals surface area contributed by atoms with Crippen LogP contribution in [-0.4, -0.2) is 33.8 Å². The zero-order valence-corrected chi connectivity index (χ0v) is 16.7. The predicted octanol–water partition coefficient (Wildman–Crippen LogP) is 5.13. The minimum Gasteiger partial charge on any atom is -0.381 e. The monoisotopic (exact) mass is 376 g/mol. The summed E-state index contributed by atoms with van der Waals surface area (Å²) in [5.74, 6) is 0.916. The van der Waals surface area contributed by atoms with Crippen molar-refractivity contribution >= 4 is 22.9 Å². The molecule has 0 atom stereocenters. The van der Waals surface area contributed by atoms with Crippen molar-refractivity contribution in [2.24, 2.45) is 0 Å². The number of aromatic nitrogens is 3. The topological polar surface area (TPSA) is 52.0 Å². The van der Waals surface area contributed by atoms with Crippen molar-refractivity contribution in [2.45, 2.75) is 45.6 Å². The summed E-state index contributed by atoms with van der Waals surface area (Å²) in [6.45, 7) is 5.92. The van der Waals surface area contributed by atoms with Crippen molar-refractivity contribution in [2.75, 3.05) is 18.5 Å². The third-order valence-electron chi connectivity index (χ3n) is 5.21.